The molecule has 2 heterocycles. The lowest BCUT2D eigenvalue weighted by Gasteiger charge is -2.25. The number of aryl methyl sites for hydroxylation is 1. The number of likely N-dealkylation sites (tertiary alicyclic amines) is 1. The first-order valence-electron chi connectivity index (χ1n) is 10.7. The Morgan fingerprint density at radius 3 is 2.52 bits per heavy atom. The zero-order chi connectivity index (χ0) is 21.8. The zero-order valence-corrected chi connectivity index (χ0v) is 18.4. The summed E-state index contributed by atoms with van der Waals surface area (Å²) < 4.78 is 12.3. The van der Waals surface area contributed by atoms with Crippen LogP contribution in [0.4, 0.5) is 0 Å². The van der Waals surface area contributed by atoms with Gasteiger partial charge in [0.05, 0.1) is 19.9 Å². The van der Waals surface area contributed by atoms with E-state index in [9.17, 15) is 4.79 Å². The van der Waals surface area contributed by atoms with Crippen LogP contribution in [0.1, 0.15) is 41.2 Å². The van der Waals surface area contributed by atoms with E-state index in [0.29, 0.717) is 18.2 Å². The predicted octanol–water partition coefficient (Wildman–Crippen LogP) is 4.51. The quantitative estimate of drug-likeness (QED) is 0.610. The van der Waals surface area contributed by atoms with Crippen LogP contribution >= 0.6 is 0 Å². The summed E-state index contributed by atoms with van der Waals surface area (Å²) in [5.74, 6) is 1.98. The highest BCUT2D eigenvalue weighted by atomic mass is 16.5. The standard InChI is InChI=1S/C25H29N3O3/c1-27-24(16-23(26-27)19-8-6-9-22(15-19)31-3)25(29)28-14-5-4-7-20(17-28)18-10-12-21(30-2)13-11-18/h6,8-13,15-16,20H,4-5,7,14,17H2,1-3H3. The van der Waals surface area contributed by atoms with Crippen molar-refractivity contribution in [3.8, 4) is 22.8 Å². The van der Waals surface area contributed by atoms with E-state index in [4.69, 9.17) is 9.47 Å². The van der Waals surface area contributed by atoms with E-state index in [1.807, 2.05) is 54.4 Å². The molecule has 0 spiro atoms. The fourth-order valence-electron chi connectivity index (χ4n) is 4.23. The number of benzene rings is 2. The SMILES string of the molecule is COc1ccc(C2CCCCN(C(=O)c3cc(-c4cccc(OC)c4)nn3C)C2)cc1. The molecule has 1 fully saturated rings. The molecule has 1 aliphatic rings. The van der Waals surface area contributed by atoms with Gasteiger partial charge >= 0.3 is 0 Å². The number of aromatic nitrogens is 2. The fourth-order valence-corrected chi connectivity index (χ4v) is 4.23. The number of amides is 1. The van der Waals surface area contributed by atoms with Crippen LogP contribution in [-0.4, -0.2) is 47.9 Å². The van der Waals surface area contributed by atoms with Crippen LogP contribution in [0.5, 0.6) is 11.5 Å². The molecule has 1 aromatic heterocycles. The van der Waals surface area contributed by atoms with Crippen LogP contribution in [0.25, 0.3) is 11.3 Å². The van der Waals surface area contributed by atoms with Crippen molar-refractivity contribution in [3.05, 3.63) is 65.9 Å². The third kappa shape index (κ3) is 4.58. The van der Waals surface area contributed by atoms with Gasteiger partial charge in [-0.25, -0.2) is 0 Å². The van der Waals surface area contributed by atoms with Crippen LogP contribution in [0, 0.1) is 0 Å². The molecule has 1 saturated heterocycles. The lowest BCUT2D eigenvalue weighted by Crippen LogP contribution is -2.35. The summed E-state index contributed by atoms with van der Waals surface area (Å²) >= 11 is 0. The fraction of sp³-hybridized carbons (Fsp3) is 0.360. The maximum absolute atomic E-state index is 13.4. The largest absolute Gasteiger partial charge is 0.497 e. The molecule has 162 valence electrons. The van der Waals surface area contributed by atoms with Gasteiger partial charge in [0.15, 0.2) is 0 Å². The third-order valence-corrected chi connectivity index (χ3v) is 6.01. The maximum atomic E-state index is 13.4. The van der Waals surface area contributed by atoms with Gasteiger partial charge in [-0.1, -0.05) is 30.7 Å². The van der Waals surface area contributed by atoms with E-state index in [-0.39, 0.29) is 5.91 Å². The second-order valence-electron chi connectivity index (χ2n) is 7.99. The number of methoxy groups -OCH3 is 2. The average Bonchev–Trinajstić information content (AvgIpc) is 3.04. The molecule has 0 aliphatic carbocycles. The highest BCUT2D eigenvalue weighted by molar-refractivity contribution is 5.93. The molecule has 1 unspecified atom stereocenters. The minimum Gasteiger partial charge on any atom is -0.497 e. The monoisotopic (exact) mass is 419 g/mol. The van der Waals surface area contributed by atoms with Crippen LogP contribution in [-0.2, 0) is 7.05 Å². The van der Waals surface area contributed by atoms with Gasteiger partial charge < -0.3 is 14.4 Å². The molecule has 0 bridgehead atoms. The Morgan fingerprint density at radius 2 is 1.77 bits per heavy atom. The highest BCUT2D eigenvalue weighted by Gasteiger charge is 2.26. The Hall–Kier alpha value is -3.28. The summed E-state index contributed by atoms with van der Waals surface area (Å²) in [6.45, 7) is 1.48. The molecular formula is C25H29N3O3. The number of nitrogens with zero attached hydrogens (tertiary/aromatic N) is 3. The van der Waals surface area contributed by atoms with E-state index < -0.39 is 0 Å². The molecule has 4 rings (SSSR count). The first kappa shape index (κ1) is 21.0. The van der Waals surface area contributed by atoms with Gasteiger partial charge in [0.25, 0.3) is 5.91 Å². The number of hydrogen-bond acceptors (Lipinski definition) is 4. The van der Waals surface area contributed by atoms with Gasteiger partial charge in [-0.15, -0.1) is 0 Å². The molecule has 31 heavy (non-hydrogen) atoms. The van der Waals surface area contributed by atoms with E-state index in [0.717, 1.165) is 48.6 Å². The normalized spacial score (nSPS) is 16.6. The Bertz CT molecular complexity index is 1040. The maximum Gasteiger partial charge on any atom is 0.272 e. The molecular weight excluding hydrogens is 390 g/mol. The van der Waals surface area contributed by atoms with E-state index in [2.05, 4.69) is 17.2 Å². The molecule has 3 aromatic rings. The van der Waals surface area contributed by atoms with Crippen molar-refractivity contribution in [1.29, 1.82) is 0 Å². The molecule has 2 aromatic carbocycles. The van der Waals surface area contributed by atoms with Crippen molar-refractivity contribution >= 4 is 5.91 Å². The molecule has 6 nitrogen and oxygen atoms in total. The first-order valence-corrected chi connectivity index (χ1v) is 10.7. The van der Waals surface area contributed by atoms with Gasteiger partial charge in [0, 0.05) is 31.6 Å². The van der Waals surface area contributed by atoms with Crippen molar-refractivity contribution in [3.63, 3.8) is 0 Å². The topological polar surface area (TPSA) is 56.6 Å². The molecule has 0 N–H and O–H groups in total. The lowest BCUT2D eigenvalue weighted by molar-refractivity contribution is 0.0743. The van der Waals surface area contributed by atoms with Crippen molar-refractivity contribution in [2.24, 2.45) is 7.05 Å². The first-order chi connectivity index (χ1) is 15.1. The summed E-state index contributed by atoms with van der Waals surface area (Å²) in [6, 6.07) is 17.8. The molecule has 1 amide bonds. The van der Waals surface area contributed by atoms with Crippen molar-refractivity contribution in [1.82, 2.24) is 14.7 Å². The molecule has 1 atom stereocenters. The number of carbonyl (C=O) groups excluding carboxylic acids is 1. The van der Waals surface area contributed by atoms with Gasteiger partial charge in [-0.05, 0) is 48.7 Å². The van der Waals surface area contributed by atoms with Crippen LogP contribution in [0.15, 0.2) is 54.6 Å². The Balaban J connectivity index is 1.55. The molecule has 0 radical (unpaired) electrons. The van der Waals surface area contributed by atoms with Crippen LogP contribution in [0.3, 0.4) is 0 Å². The van der Waals surface area contributed by atoms with Gasteiger partial charge in [-0.3, -0.25) is 9.48 Å². The Labute approximate surface area is 183 Å². The second-order valence-corrected chi connectivity index (χ2v) is 7.99. The number of carbonyl (C=O) groups is 1. The summed E-state index contributed by atoms with van der Waals surface area (Å²) in [7, 11) is 5.15. The predicted molar refractivity (Wildman–Crippen MR) is 121 cm³/mol. The summed E-state index contributed by atoms with van der Waals surface area (Å²) in [5.41, 5.74) is 3.56. The second kappa shape index (κ2) is 9.25. The number of hydrogen-bond donors (Lipinski definition) is 0. The number of rotatable bonds is 5. The minimum atomic E-state index is 0.0320. The van der Waals surface area contributed by atoms with Gasteiger partial charge in [0.2, 0.25) is 0 Å². The van der Waals surface area contributed by atoms with Crippen molar-refractivity contribution < 1.29 is 14.3 Å². The molecule has 6 heteroatoms. The number of ether oxygens (including phenoxy) is 2. The Morgan fingerprint density at radius 1 is 1.00 bits per heavy atom. The van der Waals surface area contributed by atoms with Gasteiger partial charge in [-0.2, -0.15) is 5.10 Å². The smallest absolute Gasteiger partial charge is 0.272 e. The average molecular weight is 420 g/mol. The highest BCUT2D eigenvalue weighted by Crippen LogP contribution is 2.29. The molecule has 0 saturated carbocycles. The lowest BCUT2D eigenvalue weighted by atomic mass is 9.94. The zero-order valence-electron chi connectivity index (χ0n) is 18.4. The third-order valence-electron chi connectivity index (χ3n) is 6.01. The van der Waals surface area contributed by atoms with Crippen LogP contribution < -0.4 is 9.47 Å². The summed E-state index contributed by atoms with van der Waals surface area (Å²) in [4.78, 5) is 15.4. The van der Waals surface area contributed by atoms with Crippen LogP contribution in [0.2, 0.25) is 0 Å². The summed E-state index contributed by atoms with van der Waals surface area (Å²) in [5, 5.41) is 4.59. The van der Waals surface area contributed by atoms with E-state index in [1.54, 1.807) is 18.9 Å². The summed E-state index contributed by atoms with van der Waals surface area (Å²) in [6.07, 6.45) is 3.20. The van der Waals surface area contributed by atoms with Crippen molar-refractivity contribution in [2.75, 3.05) is 27.3 Å². The van der Waals surface area contributed by atoms with Gasteiger partial charge in [0.1, 0.15) is 17.2 Å². The Kier molecular flexibility index (Phi) is 6.26. The van der Waals surface area contributed by atoms with Crippen molar-refractivity contribution in [2.45, 2.75) is 25.2 Å². The van der Waals surface area contributed by atoms with E-state index >= 15 is 0 Å². The molecule has 1 aliphatic heterocycles. The van der Waals surface area contributed by atoms with E-state index in [1.165, 1.54) is 5.56 Å². The minimum absolute atomic E-state index is 0.0320.